The second-order valence-corrected chi connectivity index (χ2v) is 7.99. The second-order valence-electron chi connectivity index (χ2n) is 7.99. The van der Waals surface area contributed by atoms with Crippen LogP contribution >= 0.6 is 0 Å². The summed E-state index contributed by atoms with van der Waals surface area (Å²) in [6.07, 6.45) is 6.22. The highest BCUT2D eigenvalue weighted by Gasteiger charge is 2.22. The zero-order valence-corrected chi connectivity index (χ0v) is 18.5. The van der Waals surface area contributed by atoms with Gasteiger partial charge in [-0.15, -0.1) is 0 Å². The van der Waals surface area contributed by atoms with Crippen LogP contribution in [0.15, 0.2) is 42.7 Å². The third-order valence-electron chi connectivity index (χ3n) is 5.84. The molecule has 0 N–H and O–H groups in total. The Morgan fingerprint density at radius 1 is 0.933 bits per heavy atom. The standard InChI is InChI=1S/C24H35N3O3/c1-28-15-14-26-12-8-21(9-13-26)18-27(17-20-6-10-25-11-7-20)19-22-4-5-23(29-2)24(16-22)30-3/h4-7,10-11,16,21H,8-9,12-15,17-19H2,1-3H3. The molecule has 0 amide bonds. The number of methoxy groups -OCH3 is 3. The normalized spacial score (nSPS) is 15.5. The summed E-state index contributed by atoms with van der Waals surface area (Å²) in [5, 5.41) is 0. The van der Waals surface area contributed by atoms with Crippen LogP contribution < -0.4 is 9.47 Å². The van der Waals surface area contributed by atoms with Crippen LogP contribution in [-0.2, 0) is 17.8 Å². The van der Waals surface area contributed by atoms with Crippen LogP contribution in [0.2, 0.25) is 0 Å². The van der Waals surface area contributed by atoms with E-state index >= 15 is 0 Å². The first-order valence-electron chi connectivity index (χ1n) is 10.7. The Balaban J connectivity index is 1.65. The fraction of sp³-hybridized carbons (Fsp3) is 0.542. The van der Waals surface area contributed by atoms with E-state index in [9.17, 15) is 0 Å². The number of aromatic nitrogens is 1. The molecule has 3 rings (SSSR count). The summed E-state index contributed by atoms with van der Waals surface area (Å²) in [5.74, 6) is 2.27. The minimum absolute atomic E-state index is 0.714. The highest BCUT2D eigenvalue weighted by atomic mass is 16.5. The van der Waals surface area contributed by atoms with Crippen molar-refractivity contribution in [2.45, 2.75) is 25.9 Å². The lowest BCUT2D eigenvalue weighted by molar-refractivity contribution is 0.104. The summed E-state index contributed by atoms with van der Waals surface area (Å²) in [6.45, 7) is 7.07. The Kier molecular flexibility index (Phi) is 8.93. The Bertz CT molecular complexity index is 749. The quantitative estimate of drug-likeness (QED) is 0.562. The van der Waals surface area contributed by atoms with E-state index in [0.29, 0.717) is 5.92 Å². The fourth-order valence-electron chi connectivity index (χ4n) is 4.15. The molecule has 6 heteroatoms. The lowest BCUT2D eigenvalue weighted by Crippen LogP contribution is -2.39. The number of hydrogen-bond donors (Lipinski definition) is 0. The summed E-state index contributed by atoms with van der Waals surface area (Å²) in [5.41, 5.74) is 2.53. The largest absolute Gasteiger partial charge is 0.493 e. The molecule has 0 atom stereocenters. The van der Waals surface area contributed by atoms with Gasteiger partial charge in [-0.05, 0) is 67.2 Å². The van der Waals surface area contributed by atoms with Crippen molar-refractivity contribution in [3.05, 3.63) is 53.9 Å². The number of piperidine rings is 1. The molecule has 0 unspecified atom stereocenters. The minimum Gasteiger partial charge on any atom is -0.493 e. The number of hydrogen-bond acceptors (Lipinski definition) is 6. The molecule has 2 heterocycles. The van der Waals surface area contributed by atoms with Gasteiger partial charge in [-0.1, -0.05) is 6.07 Å². The third kappa shape index (κ3) is 6.69. The first kappa shape index (κ1) is 22.5. The first-order chi connectivity index (χ1) is 14.7. The van der Waals surface area contributed by atoms with Crippen LogP contribution in [0.4, 0.5) is 0 Å². The van der Waals surface area contributed by atoms with E-state index in [-0.39, 0.29) is 0 Å². The SMILES string of the molecule is COCCN1CCC(CN(Cc2ccncc2)Cc2ccc(OC)c(OC)c2)CC1. The molecule has 1 saturated heterocycles. The molecule has 30 heavy (non-hydrogen) atoms. The molecule has 1 aromatic heterocycles. The van der Waals surface area contributed by atoms with Gasteiger partial charge in [0, 0.05) is 45.7 Å². The molecule has 0 aliphatic carbocycles. The van der Waals surface area contributed by atoms with Crippen molar-refractivity contribution in [1.82, 2.24) is 14.8 Å². The van der Waals surface area contributed by atoms with E-state index in [1.165, 1.54) is 24.0 Å². The molecule has 2 aromatic rings. The van der Waals surface area contributed by atoms with Crippen molar-refractivity contribution in [3.63, 3.8) is 0 Å². The Morgan fingerprint density at radius 3 is 2.30 bits per heavy atom. The summed E-state index contributed by atoms with van der Waals surface area (Å²) < 4.78 is 16.1. The molecular weight excluding hydrogens is 378 g/mol. The van der Waals surface area contributed by atoms with E-state index in [2.05, 4.69) is 39.0 Å². The molecule has 0 spiro atoms. The van der Waals surface area contributed by atoms with Gasteiger partial charge in [0.05, 0.1) is 20.8 Å². The van der Waals surface area contributed by atoms with E-state index in [0.717, 1.165) is 57.4 Å². The van der Waals surface area contributed by atoms with Crippen molar-refractivity contribution in [2.24, 2.45) is 5.92 Å². The molecular formula is C24H35N3O3. The van der Waals surface area contributed by atoms with Gasteiger partial charge in [0.15, 0.2) is 11.5 Å². The fourth-order valence-corrected chi connectivity index (χ4v) is 4.15. The van der Waals surface area contributed by atoms with Crippen molar-refractivity contribution < 1.29 is 14.2 Å². The topological polar surface area (TPSA) is 47.1 Å². The number of ether oxygens (including phenoxy) is 3. The number of benzene rings is 1. The molecule has 1 fully saturated rings. The summed E-state index contributed by atoms with van der Waals surface area (Å²) >= 11 is 0. The lowest BCUT2D eigenvalue weighted by atomic mass is 9.95. The van der Waals surface area contributed by atoms with E-state index in [4.69, 9.17) is 14.2 Å². The van der Waals surface area contributed by atoms with Crippen LogP contribution in [-0.4, -0.2) is 68.9 Å². The van der Waals surface area contributed by atoms with Gasteiger partial charge in [0.2, 0.25) is 0 Å². The Hall–Kier alpha value is -2.15. The van der Waals surface area contributed by atoms with Gasteiger partial charge in [-0.3, -0.25) is 9.88 Å². The minimum atomic E-state index is 0.714. The smallest absolute Gasteiger partial charge is 0.161 e. The Labute approximate surface area is 180 Å². The van der Waals surface area contributed by atoms with Gasteiger partial charge in [-0.2, -0.15) is 0 Å². The van der Waals surface area contributed by atoms with Gasteiger partial charge in [0.1, 0.15) is 0 Å². The number of rotatable bonds is 11. The average Bonchev–Trinajstić information content (AvgIpc) is 2.79. The molecule has 0 saturated carbocycles. The predicted molar refractivity (Wildman–Crippen MR) is 119 cm³/mol. The molecule has 1 aliphatic heterocycles. The zero-order chi connectivity index (χ0) is 21.2. The zero-order valence-electron chi connectivity index (χ0n) is 18.5. The van der Waals surface area contributed by atoms with Crippen LogP contribution in [0.25, 0.3) is 0 Å². The van der Waals surface area contributed by atoms with Gasteiger partial charge < -0.3 is 19.1 Å². The first-order valence-corrected chi connectivity index (χ1v) is 10.7. The van der Waals surface area contributed by atoms with Gasteiger partial charge >= 0.3 is 0 Å². The maximum atomic E-state index is 5.50. The summed E-state index contributed by atoms with van der Waals surface area (Å²) in [6, 6.07) is 10.4. The van der Waals surface area contributed by atoms with Crippen molar-refractivity contribution in [3.8, 4) is 11.5 Å². The van der Waals surface area contributed by atoms with Crippen molar-refractivity contribution >= 4 is 0 Å². The van der Waals surface area contributed by atoms with E-state index in [1.807, 2.05) is 18.5 Å². The number of pyridine rings is 1. The highest BCUT2D eigenvalue weighted by Crippen LogP contribution is 2.29. The van der Waals surface area contributed by atoms with E-state index < -0.39 is 0 Å². The second kappa shape index (κ2) is 11.9. The van der Waals surface area contributed by atoms with Gasteiger partial charge in [-0.25, -0.2) is 0 Å². The van der Waals surface area contributed by atoms with Crippen LogP contribution in [0.1, 0.15) is 24.0 Å². The maximum absolute atomic E-state index is 5.50. The van der Waals surface area contributed by atoms with Crippen LogP contribution in [0.5, 0.6) is 11.5 Å². The molecule has 6 nitrogen and oxygen atoms in total. The molecule has 164 valence electrons. The van der Waals surface area contributed by atoms with Crippen LogP contribution in [0.3, 0.4) is 0 Å². The van der Waals surface area contributed by atoms with E-state index in [1.54, 1.807) is 21.3 Å². The van der Waals surface area contributed by atoms with Crippen molar-refractivity contribution in [2.75, 3.05) is 54.1 Å². The van der Waals surface area contributed by atoms with Crippen molar-refractivity contribution in [1.29, 1.82) is 0 Å². The summed E-state index contributed by atoms with van der Waals surface area (Å²) in [4.78, 5) is 9.23. The molecule has 1 aliphatic rings. The molecule has 0 radical (unpaired) electrons. The lowest BCUT2D eigenvalue weighted by Gasteiger charge is -2.35. The monoisotopic (exact) mass is 413 g/mol. The molecule has 1 aromatic carbocycles. The average molecular weight is 414 g/mol. The van der Waals surface area contributed by atoms with Crippen LogP contribution in [0, 0.1) is 5.92 Å². The highest BCUT2D eigenvalue weighted by molar-refractivity contribution is 5.42. The number of likely N-dealkylation sites (tertiary alicyclic amines) is 1. The predicted octanol–water partition coefficient (Wildman–Crippen LogP) is 3.46. The summed E-state index contributed by atoms with van der Waals surface area (Å²) in [7, 11) is 5.14. The maximum Gasteiger partial charge on any atom is 0.161 e. The molecule has 0 bridgehead atoms. The third-order valence-corrected chi connectivity index (χ3v) is 5.84. The number of nitrogens with zero attached hydrogens (tertiary/aromatic N) is 3. The van der Waals surface area contributed by atoms with Gasteiger partial charge in [0.25, 0.3) is 0 Å². The Morgan fingerprint density at radius 2 is 1.63 bits per heavy atom.